The first-order valence-corrected chi connectivity index (χ1v) is 5.26. The lowest BCUT2D eigenvalue weighted by atomic mass is 9.97. The molecule has 0 fully saturated rings. The Kier molecular flexibility index (Phi) is 2.75. The minimum atomic E-state index is -0.588. The third kappa shape index (κ3) is 1.73. The summed E-state index contributed by atoms with van der Waals surface area (Å²) < 4.78 is 5.08. The summed E-state index contributed by atoms with van der Waals surface area (Å²) in [5, 5.41) is 1.92. The van der Waals surface area contributed by atoms with Crippen molar-refractivity contribution in [3.63, 3.8) is 0 Å². The number of hydrogen-bond donors (Lipinski definition) is 3. The van der Waals surface area contributed by atoms with Gasteiger partial charge in [0, 0.05) is 38.4 Å². The Morgan fingerprint density at radius 2 is 2.25 bits per heavy atom. The van der Waals surface area contributed by atoms with E-state index in [1.54, 1.807) is 7.11 Å². The minimum absolute atomic E-state index is 0.588. The summed E-state index contributed by atoms with van der Waals surface area (Å²) in [7, 11) is 3.61. The van der Waals surface area contributed by atoms with Crippen molar-refractivity contribution in [1.29, 1.82) is 0 Å². The summed E-state index contributed by atoms with van der Waals surface area (Å²) in [6.45, 7) is 0.603. The van der Waals surface area contributed by atoms with Gasteiger partial charge in [0.1, 0.15) is 5.66 Å². The lowest BCUT2D eigenvalue weighted by Gasteiger charge is -2.26. The van der Waals surface area contributed by atoms with Crippen LogP contribution >= 0.6 is 0 Å². The Bertz CT molecular complexity index is 396. The van der Waals surface area contributed by atoms with E-state index in [1.165, 1.54) is 0 Å². The summed E-state index contributed by atoms with van der Waals surface area (Å²) in [6, 6.07) is 5.76. The number of rotatable bonds is 3. The number of hydrazine groups is 1. The Balaban J connectivity index is 2.36. The molecule has 1 aromatic rings. The first-order chi connectivity index (χ1) is 7.57. The maximum atomic E-state index is 6.33. The molecule has 0 aliphatic carbocycles. The van der Waals surface area contributed by atoms with Gasteiger partial charge in [-0.2, -0.15) is 0 Å². The van der Waals surface area contributed by atoms with E-state index >= 15 is 0 Å². The Hall–Kier alpha value is -1.30. The van der Waals surface area contributed by atoms with Crippen LogP contribution < -0.4 is 21.9 Å². The van der Waals surface area contributed by atoms with E-state index in [4.69, 9.17) is 16.2 Å². The molecular formula is C11H18N4O. The minimum Gasteiger partial charge on any atom is -0.399 e. The van der Waals surface area contributed by atoms with E-state index in [0.29, 0.717) is 13.0 Å². The predicted octanol–water partition coefficient (Wildman–Crippen LogP) is 0.371. The molecule has 1 aliphatic rings. The lowest BCUT2D eigenvalue weighted by Crippen LogP contribution is -2.51. The van der Waals surface area contributed by atoms with Gasteiger partial charge >= 0.3 is 0 Å². The third-order valence-electron chi connectivity index (χ3n) is 2.93. The Labute approximate surface area is 95.3 Å². The second kappa shape index (κ2) is 3.93. The molecule has 0 radical (unpaired) electrons. The monoisotopic (exact) mass is 222 g/mol. The van der Waals surface area contributed by atoms with Gasteiger partial charge in [-0.25, -0.2) is 5.43 Å². The van der Waals surface area contributed by atoms with Gasteiger partial charge in [0.15, 0.2) is 0 Å². The van der Waals surface area contributed by atoms with Crippen molar-refractivity contribution >= 4 is 11.4 Å². The zero-order chi connectivity index (χ0) is 11.8. The molecule has 0 saturated heterocycles. The molecule has 0 aromatic heterocycles. The molecule has 1 heterocycles. The van der Waals surface area contributed by atoms with Crippen LogP contribution in [0.15, 0.2) is 18.2 Å². The molecule has 1 unspecified atom stereocenters. The molecule has 88 valence electrons. The quantitative estimate of drug-likeness (QED) is 0.644. The number of nitrogens with one attached hydrogen (secondary N) is 1. The number of nitrogens with zero attached hydrogens (tertiary/aromatic N) is 1. The summed E-state index contributed by atoms with van der Waals surface area (Å²) >= 11 is 0. The van der Waals surface area contributed by atoms with Crippen LogP contribution in [0.4, 0.5) is 11.4 Å². The summed E-state index contributed by atoms with van der Waals surface area (Å²) in [5.74, 6) is 0. The van der Waals surface area contributed by atoms with Gasteiger partial charge in [0.2, 0.25) is 0 Å². The SMILES string of the molecule is COCCC1(N)NN(C)c2ccc(N)cc21. The molecule has 1 aliphatic heterocycles. The molecule has 0 amide bonds. The zero-order valence-electron chi connectivity index (χ0n) is 9.66. The molecule has 0 bridgehead atoms. The highest BCUT2D eigenvalue weighted by molar-refractivity contribution is 5.64. The van der Waals surface area contributed by atoms with Gasteiger partial charge in [-0.05, 0) is 18.2 Å². The number of methoxy groups -OCH3 is 1. The molecule has 5 N–H and O–H groups in total. The number of ether oxygens (including phenoxy) is 1. The fraction of sp³-hybridized carbons (Fsp3) is 0.455. The first-order valence-electron chi connectivity index (χ1n) is 5.26. The van der Waals surface area contributed by atoms with Crippen LogP contribution in [0.5, 0.6) is 0 Å². The van der Waals surface area contributed by atoms with Crippen molar-refractivity contribution in [1.82, 2.24) is 5.43 Å². The van der Waals surface area contributed by atoms with Crippen molar-refractivity contribution in [2.75, 3.05) is 31.5 Å². The zero-order valence-corrected chi connectivity index (χ0v) is 9.66. The van der Waals surface area contributed by atoms with Crippen LogP contribution in [0.25, 0.3) is 0 Å². The number of nitrogens with two attached hydrogens (primary N) is 2. The molecule has 5 nitrogen and oxygen atoms in total. The summed E-state index contributed by atoms with van der Waals surface area (Å²) in [6.07, 6.45) is 0.699. The van der Waals surface area contributed by atoms with Crippen LogP contribution in [0, 0.1) is 0 Å². The molecule has 0 spiro atoms. The number of anilines is 2. The molecular weight excluding hydrogens is 204 g/mol. The van der Waals surface area contributed by atoms with E-state index in [9.17, 15) is 0 Å². The predicted molar refractivity (Wildman–Crippen MR) is 64.8 cm³/mol. The second-order valence-corrected chi connectivity index (χ2v) is 4.16. The molecule has 16 heavy (non-hydrogen) atoms. The molecule has 5 heteroatoms. The number of fused-ring (bicyclic) bond motifs is 1. The summed E-state index contributed by atoms with van der Waals surface area (Å²) in [4.78, 5) is 0. The van der Waals surface area contributed by atoms with Crippen molar-refractivity contribution in [2.24, 2.45) is 5.73 Å². The number of hydrogen-bond acceptors (Lipinski definition) is 5. The maximum absolute atomic E-state index is 6.33. The maximum Gasteiger partial charge on any atom is 0.114 e. The van der Waals surface area contributed by atoms with E-state index in [2.05, 4.69) is 5.43 Å². The Morgan fingerprint density at radius 3 is 2.94 bits per heavy atom. The van der Waals surface area contributed by atoms with Gasteiger partial charge in [-0.15, -0.1) is 0 Å². The van der Waals surface area contributed by atoms with E-state index in [1.807, 2.05) is 30.3 Å². The third-order valence-corrected chi connectivity index (χ3v) is 2.93. The Morgan fingerprint density at radius 1 is 1.50 bits per heavy atom. The number of benzene rings is 1. The van der Waals surface area contributed by atoms with Crippen molar-refractivity contribution in [2.45, 2.75) is 12.1 Å². The van der Waals surface area contributed by atoms with Crippen LogP contribution in [-0.4, -0.2) is 20.8 Å². The highest BCUT2D eigenvalue weighted by Gasteiger charge is 2.37. The van der Waals surface area contributed by atoms with E-state index < -0.39 is 5.66 Å². The van der Waals surface area contributed by atoms with E-state index in [-0.39, 0.29) is 0 Å². The first kappa shape index (κ1) is 11.2. The van der Waals surface area contributed by atoms with Crippen molar-refractivity contribution in [3.8, 4) is 0 Å². The van der Waals surface area contributed by atoms with Gasteiger partial charge in [0.25, 0.3) is 0 Å². The van der Waals surface area contributed by atoms with Gasteiger partial charge < -0.3 is 21.2 Å². The van der Waals surface area contributed by atoms with Crippen LogP contribution in [-0.2, 0) is 10.4 Å². The molecule has 0 saturated carbocycles. The standard InChI is InChI=1S/C11H18N4O/c1-15-10-4-3-8(12)7-9(10)11(13,14-15)5-6-16-2/h3-4,7,14H,5-6,12-13H2,1-2H3. The van der Waals surface area contributed by atoms with Gasteiger partial charge in [-0.3, -0.25) is 0 Å². The van der Waals surface area contributed by atoms with E-state index in [0.717, 1.165) is 16.9 Å². The second-order valence-electron chi connectivity index (χ2n) is 4.16. The lowest BCUT2D eigenvalue weighted by molar-refractivity contribution is 0.159. The highest BCUT2D eigenvalue weighted by atomic mass is 16.5. The molecule has 2 rings (SSSR count). The molecule has 1 atom stereocenters. The summed E-state index contributed by atoms with van der Waals surface area (Å²) in [5.41, 5.74) is 17.6. The van der Waals surface area contributed by atoms with Gasteiger partial charge in [0.05, 0.1) is 5.69 Å². The smallest absolute Gasteiger partial charge is 0.114 e. The largest absolute Gasteiger partial charge is 0.399 e. The van der Waals surface area contributed by atoms with Crippen molar-refractivity contribution < 1.29 is 4.74 Å². The number of nitrogen functional groups attached to an aromatic ring is 1. The van der Waals surface area contributed by atoms with Crippen LogP contribution in [0.2, 0.25) is 0 Å². The average Bonchev–Trinajstić information content (AvgIpc) is 2.49. The fourth-order valence-corrected chi connectivity index (χ4v) is 2.08. The van der Waals surface area contributed by atoms with Crippen molar-refractivity contribution in [3.05, 3.63) is 23.8 Å². The fourth-order valence-electron chi connectivity index (χ4n) is 2.08. The van der Waals surface area contributed by atoms with Gasteiger partial charge in [-0.1, -0.05) is 0 Å². The molecule has 1 aromatic carbocycles. The topological polar surface area (TPSA) is 76.5 Å². The average molecular weight is 222 g/mol. The van der Waals surface area contributed by atoms with Crippen LogP contribution in [0.1, 0.15) is 12.0 Å². The highest BCUT2D eigenvalue weighted by Crippen LogP contribution is 2.36. The normalized spacial score (nSPS) is 23.6. The van der Waals surface area contributed by atoms with Crippen LogP contribution in [0.3, 0.4) is 0 Å².